The van der Waals surface area contributed by atoms with Gasteiger partial charge in [-0.25, -0.2) is 14.6 Å². The molecule has 1 unspecified atom stereocenters. The molecule has 1 atom stereocenters. The molecule has 1 aliphatic rings. The van der Waals surface area contributed by atoms with Crippen molar-refractivity contribution in [1.29, 1.82) is 0 Å². The molecule has 0 bridgehead atoms. The highest BCUT2D eigenvalue weighted by molar-refractivity contribution is 7.17. The SMILES string of the molecule is CCC(OC(=O)c1ccc2nc(-c3cccnc3)[nH]c2c1)C(=O)Nc1sc2c(c1C(=O)OC)CCCCC2. The lowest BCUT2D eigenvalue weighted by molar-refractivity contribution is -0.124. The van der Waals surface area contributed by atoms with Gasteiger partial charge in [-0.1, -0.05) is 13.3 Å². The molecule has 3 heterocycles. The second-order valence-corrected chi connectivity index (χ2v) is 10.2. The highest BCUT2D eigenvalue weighted by atomic mass is 32.1. The number of hydrogen-bond acceptors (Lipinski definition) is 8. The van der Waals surface area contributed by atoms with Crippen molar-refractivity contribution in [2.45, 2.75) is 51.6 Å². The minimum atomic E-state index is -1.03. The van der Waals surface area contributed by atoms with Gasteiger partial charge in [0, 0.05) is 22.8 Å². The fraction of sp³-hybridized carbons (Fsp3) is 0.321. The molecule has 0 aliphatic heterocycles. The van der Waals surface area contributed by atoms with Crippen LogP contribution in [0.4, 0.5) is 5.00 Å². The molecule has 0 saturated carbocycles. The van der Waals surface area contributed by atoms with E-state index in [4.69, 9.17) is 9.47 Å². The summed E-state index contributed by atoms with van der Waals surface area (Å²) in [6.45, 7) is 1.76. The number of aryl methyl sites for hydroxylation is 1. The van der Waals surface area contributed by atoms with E-state index in [1.807, 2.05) is 12.1 Å². The molecule has 1 aromatic carbocycles. The van der Waals surface area contributed by atoms with Gasteiger partial charge in [-0.05, 0) is 68.0 Å². The average Bonchev–Trinajstić information content (AvgIpc) is 3.44. The maximum absolute atomic E-state index is 13.2. The van der Waals surface area contributed by atoms with Crippen molar-refractivity contribution in [2.24, 2.45) is 0 Å². The van der Waals surface area contributed by atoms with Gasteiger partial charge in [0.2, 0.25) is 0 Å². The van der Waals surface area contributed by atoms with Crippen molar-refractivity contribution in [2.75, 3.05) is 12.4 Å². The van der Waals surface area contributed by atoms with Gasteiger partial charge in [0.15, 0.2) is 6.10 Å². The first-order valence-corrected chi connectivity index (χ1v) is 13.4. The molecule has 3 aromatic heterocycles. The van der Waals surface area contributed by atoms with Crippen LogP contribution in [-0.2, 0) is 27.1 Å². The van der Waals surface area contributed by atoms with Gasteiger partial charge in [0.05, 0.1) is 29.3 Å². The first-order valence-electron chi connectivity index (χ1n) is 12.6. The number of imidazole rings is 1. The van der Waals surface area contributed by atoms with Crippen LogP contribution in [-0.4, -0.2) is 46.0 Å². The Morgan fingerprint density at radius 1 is 1.13 bits per heavy atom. The first-order chi connectivity index (χ1) is 18.5. The summed E-state index contributed by atoms with van der Waals surface area (Å²) in [5, 5.41) is 3.29. The standard InChI is InChI=1S/C28H28N4O5S/c1-3-21(25(33)32-26-23(28(35)36-2)18-9-5-4-6-10-22(18)38-26)37-27(34)16-11-12-19-20(14-16)31-24(30-19)17-8-7-13-29-15-17/h7-8,11-15,21H,3-6,9-10H2,1-2H3,(H,30,31)(H,32,33). The number of aromatic amines is 1. The number of ether oxygens (including phenoxy) is 2. The second-order valence-electron chi connectivity index (χ2n) is 9.11. The number of amides is 1. The van der Waals surface area contributed by atoms with Gasteiger partial charge in [0.25, 0.3) is 5.91 Å². The van der Waals surface area contributed by atoms with Crippen molar-refractivity contribution in [1.82, 2.24) is 15.0 Å². The Hall–Kier alpha value is -4.05. The fourth-order valence-corrected chi connectivity index (χ4v) is 5.92. The smallest absolute Gasteiger partial charge is 0.341 e. The van der Waals surface area contributed by atoms with E-state index in [0.29, 0.717) is 33.0 Å². The number of thiophene rings is 1. The van der Waals surface area contributed by atoms with Crippen molar-refractivity contribution in [3.63, 3.8) is 0 Å². The summed E-state index contributed by atoms with van der Waals surface area (Å²) in [4.78, 5) is 51.7. The molecule has 196 valence electrons. The number of pyridine rings is 1. The largest absolute Gasteiger partial charge is 0.465 e. The summed E-state index contributed by atoms with van der Waals surface area (Å²) in [5.41, 5.74) is 3.85. The molecule has 0 saturated heterocycles. The predicted molar refractivity (Wildman–Crippen MR) is 144 cm³/mol. The molecular weight excluding hydrogens is 504 g/mol. The number of fused-ring (bicyclic) bond motifs is 2. The third-order valence-electron chi connectivity index (χ3n) is 6.61. The topological polar surface area (TPSA) is 123 Å². The zero-order valence-corrected chi connectivity index (χ0v) is 22.0. The summed E-state index contributed by atoms with van der Waals surface area (Å²) >= 11 is 1.40. The van der Waals surface area contributed by atoms with Gasteiger partial charge in [0.1, 0.15) is 10.8 Å². The van der Waals surface area contributed by atoms with Crippen LogP contribution in [0.1, 0.15) is 63.8 Å². The van der Waals surface area contributed by atoms with Crippen LogP contribution in [0, 0.1) is 0 Å². The lowest BCUT2D eigenvalue weighted by Gasteiger charge is -2.16. The fourth-order valence-electron chi connectivity index (χ4n) is 4.64. The Labute approximate surface area is 223 Å². The van der Waals surface area contributed by atoms with Crippen LogP contribution < -0.4 is 5.32 Å². The normalized spacial score (nSPS) is 13.8. The average molecular weight is 533 g/mol. The first kappa shape index (κ1) is 25.6. The number of hydrogen-bond donors (Lipinski definition) is 2. The molecule has 5 rings (SSSR count). The quantitative estimate of drug-likeness (QED) is 0.244. The third-order valence-corrected chi connectivity index (χ3v) is 7.82. The van der Waals surface area contributed by atoms with Crippen molar-refractivity contribution < 1.29 is 23.9 Å². The molecule has 0 spiro atoms. The summed E-state index contributed by atoms with van der Waals surface area (Å²) in [7, 11) is 1.33. The van der Waals surface area contributed by atoms with Gasteiger partial charge >= 0.3 is 11.9 Å². The molecular formula is C28H28N4O5S. The van der Waals surface area contributed by atoms with E-state index >= 15 is 0 Å². The number of carbonyl (C=O) groups is 3. The summed E-state index contributed by atoms with van der Waals surface area (Å²) in [6, 6.07) is 8.71. The predicted octanol–water partition coefficient (Wildman–Crippen LogP) is 5.32. The maximum atomic E-state index is 13.2. The molecule has 10 heteroatoms. The lowest BCUT2D eigenvalue weighted by Crippen LogP contribution is -2.32. The number of esters is 2. The highest BCUT2D eigenvalue weighted by Crippen LogP contribution is 2.38. The van der Waals surface area contributed by atoms with E-state index in [0.717, 1.165) is 48.1 Å². The van der Waals surface area contributed by atoms with E-state index < -0.39 is 23.9 Å². The number of rotatable bonds is 7. The Bertz CT molecular complexity index is 1490. The number of nitrogens with zero attached hydrogens (tertiary/aromatic N) is 2. The van der Waals surface area contributed by atoms with Crippen LogP contribution in [0.5, 0.6) is 0 Å². The number of carbonyl (C=O) groups excluding carboxylic acids is 3. The Morgan fingerprint density at radius 2 is 1.97 bits per heavy atom. The van der Waals surface area contributed by atoms with E-state index in [-0.39, 0.29) is 6.42 Å². The lowest BCUT2D eigenvalue weighted by atomic mass is 10.1. The van der Waals surface area contributed by atoms with Crippen LogP contribution in [0.15, 0.2) is 42.7 Å². The number of aromatic nitrogens is 3. The molecule has 1 aliphatic carbocycles. The van der Waals surface area contributed by atoms with Crippen molar-refractivity contribution in [3.8, 4) is 11.4 Å². The zero-order chi connectivity index (χ0) is 26.6. The van der Waals surface area contributed by atoms with E-state index in [2.05, 4.69) is 20.3 Å². The molecule has 38 heavy (non-hydrogen) atoms. The monoisotopic (exact) mass is 532 g/mol. The van der Waals surface area contributed by atoms with Gasteiger partial charge in [-0.3, -0.25) is 9.78 Å². The summed E-state index contributed by atoms with van der Waals surface area (Å²) in [5.74, 6) is -0.936. The zero-order valence-electron chi connectivity index (χ0n) is 21.2. The Kier molecular flexibility index (Phi) is 7.50. The molecule has 4 aromatic rings. The Balaban J connectivity index is 1.33. The van der Waals surface area contributed by atoms with Crippen LogP contribution in [0.2, 0.25) is 0 Å². The highest BCUT2D eigenvalue weighted by Gasteiger charge is 2.29. The number of H-pyrrole nitrogens is 1. The van der Waals surface area contributed by atoms with Gasteiger partial charge in [-0.15, -0.1) is 11.3 Å². The van der Waals surface area contributed by atoms with E-state index in [9.17, 15) is 14.4 Å². The molecule has 1 amide bonds. The third kappa shape index (κ3) is 5.17. The molecule has 9 nitrogen and oxygen atoms in total. The maximum Gasteiger partial charge on any atom is 0.341 e. The number of anilines is 1. The van der Waals surface area contributed by atoms with Crippen LogP contribution >= 0.6 is 11.3 Å². The summed E-state index contributed by atoms with van der Waals surface area (Å²) < 4.78 is 10.6. The van der Waals surface area contributed by atoms with Gasteiger partial charge < -0.3 is 19.8 Å². The van der Waals surface area contributed by atoms with Crippen molar-refractivity contribution in [3.05, 3.63) is 64.3 Å². The molecule has 0 radical (unpaired) electrons. The van der Waals surface area contributed by atoms with Crippen LogP contribution in [0.25, 0.3) is 22.4 Å². The molecule has 2 N–H and O–H groups in total. The van der Waals surface area contributed by atoms with Crippen molar-refractivity contribution >= 4 is 45.2 Å². The van der Waals surface area contributed by atoms with E-state index in [1.165, 1.54) is 18.4 Å². The summed E-state index contributed by atoms with van der Waals surface area (Å²) in [6.07, 6.45) is 7.40. The number of methoxy groups -OCH3 is 1. The molecule has 0 fully saturated rings. The Morgan fingerprint density at radius 3 is 2.74 bits per heavy atom. The number of nitrogens with one attached hydrogen (secondary N) is 2. The minimum Gasteiger partial charge on any atom is -0.465 e. The minimum absolute atomic E-state index is 0.272. The van der Waals surface area contributed by atoms with E-state index in [1.54, 1.807) is 37.5 Å². The van der Waals surface area contributed by atoms with Crippen LogP contribution in [0.3, 0.4) is 0 Å². The number of benzene rings is 1. The second kappa shape index (κ2) is 11.1. The van der Waals surface area contributed by atoms with Gasteiger partial charge in [-0.2, -0.15) is 0 Å².